The van der Waals surface area contributed by atoms with Gasteiger partial charge < -0.3 is 15.6 Å². The molecule has 0 spiro atoms. The monoisotopic (exact) mass is 117 g/mol. The van der Waals surface area contributed by atoms with Crippen LogP contribution < -0.4 is 5.73 Å². The van der Waals surface area contributed by atoms with Gasteiger partial charge in [-0.1, -0.05) is 0 Å². The molecule has 1 aliphatic heterocycles. The molecule has 0 aliphatic carbocycles. The van der Waals surface area contributed by atoms with Gasteiger partial charge in [0.15, 0.2) is 0 Å². The molecule has 3 N–H and O–H groups in total. The fourth-order valence-corrected chi connectivity index (χ4v) is 0.751. The molecule has 1 rings (SSSR count). The van der Waals surface area contributed by atoms with Gasteiger partial charge in [-0.2, -0.15) is 0 Å². The minimum Gasteiger partial charge on any atom is -0.385 e. The van der Waals surface area contributed by atoms with Crippen LogP contribution in [0.3, 0.4) is 0 Å². The average Bonchev–Trinajstić information content (AvgIpc) is 1.64. The van der Waals surface area contributed by atoms with Crippen molar-refractivity contribution < 1.29 is 9.84 Å². The largest absolute Gasteiger partial charge is 0.385 e. The van der Waals surface area contributed by atoms with Crippen LogP contribution in [0.5, 0.6) is 0 Å². The zero-order chi connectivity index (χ0) is 6.04. The number of nitrogens with two attached hydrogens (primary N) is 1. The van der Waals surface area contributed by atoms with Crippen LogP contribution in [-0.2, 0) is 4.74 Å². The Hall–Kier alpha value is -0.120. The summed E-state index contributed by atoms with van der Waals surface area (Å²) < 4.78 is 4.78. The Morgan fingerprint density at radius 3 is 2.38 bits per heavy atom. The lowest BCUT2D eigenvalue weighted by molar-refractivity contribution is -0.179. The van der Waals surface area contributed by atoms with Gasteiger partial charge in [0.05, 0.1) is 13.2 Å². The molecular weight excluding hydrogens is 106 g/mol. The quantitative estimate of drug-likeness (QED) is 0.492. The summed E-state index contributed by atoms with van der Waals surface area (Å²) in [6, 6.07) is 0. The third kappa shape index (κ3) is 0.992. The van der Waals surface area contributed by atoms with Crippen LogP contribution in [0.2, 0.25) is 0 Å². The summed E-state index contributed by atoms with van der Waals surface area (Å²) >= 11 is 0. The van der Waals surface area contributed by atoms with E-state index in [1.165, 1.54) is 0 Å². The molecule has 0 amide bonds. The van der Waals surface area contributed by atoms with Crippen molar-refractivity contribution in [2.24, 2.45) is 5.73 Å². The highest BCUT2D eigenvalue weighted by molar-refractivity contribution is 4.84. The van der Waals surface area contributed by atoms with E-state index in [0.29, 0.717) is 26.2 Å². The maximum atomic E-state index is 9.20. The van der Waals surface area contributed by atoms with Crippen LogP contribution in [0.15, 0.2) is 0 Å². The number of ether oxygens (including phenoxy) is 1. The number of rotatable bonds is 2. The Bertz CT molecular complexity index is 80.5. The van der Waals surface area contributed by atoms with Crippen LogP contribution in [0, 0.1) is 0 Å². The first-order valence-electron chi connectivity index (χ1n) is 2.77. The lowest BCUT2D eigenvalue weighted by Crippen LogP contribution is -2.50. The fraction of sp³-hybridized carbons (Fsp3) is 1.00. The molecule has 1 aliphatic rings. The van der Waals surface area contributed by atoms with E-state index >= 15 is 0 Å². The summed E-state index contributed by atoms with van der Waals surface area (Å²) in [7, 11) is 0. The second-order valence-electron chi connectivity index (χ2n) is 2.26. The molecule has 3 nitrogen and oxygen atoms in total. The molecule has 0 radical (unpaired) electrons. The molecule has 0 atom stereocenters. The maximum Gasteiger partial charge on any atom is 0.112 e. The van der Waals surface area contributed by atoms with E-state index in [-0.39, 0.29) is 0 Å². The first-order valence-corrected chi connectivity index (χ1v) is 2.77. The molecular formula is C5H11NO2. The maximum absolute atomic E-state index is 9.20. The highest BCUT2D eigenvalue weighted by Gasteiger charge is 2.34. The Morgan fingerprint density at radius 1 is 1.62 bits per heavy atom. The van der Waals surface area contributed by atoms with E-state index in [1.807, 2.05) is 0 Å². The molecule has 0 aromatic heterocycles. The fourth-order valence-electron chi connectivity index (χ4n) is 0.751. The van der Waals surface area contributed by atoms with Gasteiger partial charge in [0.25, 0.3) is 0 Å². The van der Waals surface area contributed by atoms with E-state index in [0.717, 1.165) is 0 Å². The first-order chi connectivity index (χ1) is 3.77. The summed E-state index contributed by atoms with van der Waals surface area (Å²) in [5, 5.41) is 9.20. The Kier molecular flexibility index (Phi) is 1.51. The zero-order valence-electron chi connectivity index (χ0n) is 4.76. The molecule has 1 saturated heterocycles. The van der Waals surface area contributed by atoms with Crippen LogP contribution >= 0.6 is 0 Å². The summed E-state index contributed by atoms with van der Waals surface area (Å²) in [4.78, 5) is 0. The minimum atomic E-state index is -0.575. The molecule has 0 bridgehead atoms. The van der Waals surface area contributed by atoms with Crippen molar-refractivity contribution in [1.29, 1.82) is 0 Å². The van der Waals surface area contributed by atoms with Gasteiger partial charge in [-0.3, -0.25) is 0 Å². The molecule has 48 valence electrons. The molecule has 0 aromatic rings. The average molecular weight is 117 g/mol. The molecule has 0 unspecified atom stereocenters. The number of aliphatic hydroxyl groups is 1. The Balaban J connectivity index is 2.20. The standard InChI is InChI=1S/C5H11NO2/c6-2-1-5(7)3-8-4-5/h7H,1-4,6H2. The van der Waals surface area contributed by atoms with E-state index in [4.69, 9.17) is 10.5 Å². The molecule has 1 fully saturated rings. The number of hydrogen-bond donors (Lipinski definition) is 2. The van der Waals surface area contributed by atoms with Crippen molar-refractivity contribution in [2.45, 2.75) is 12.0 Å². The van der Waals surface area contributed by atoms with Crippen molar-refractivity contribution in [3.8, 4) is 0 Å². The normalized spacial score (nSPS) is 24.8. The van der Waals surface area contributed by atoms with E-state index in [2.05, 4.69) is 0 Å². The summed E-state index contributed by atoms with van der Waals surface area (Å²) in [5.41, 5.74) is 4.63. The molecule has 3 heteroatoms. The van der Waals surface area contributed by atoms with Crippen LogP contribution in [0.1, 0.15) is 6.42 Å². The smallest absolute Gasteiger partial charge is 0.112 e. The Morgan fingerprint density at radius 2 is 2.25 bits per heavy atom. The second-order valence-corrected chi connectivity index (χ2v) is 2.26. The minimum absolute atomic E-state index is 0.462. The Labute approximate surface area is 48.4 Å². The summed E-state index contributed by atoms with van der Waals surface area (Å²) in [6.45, 7) is 1.47. The van der Waals surface area contributed by atoms with Crippen LogP contribution in [-0.4, -0.2) is 30.5 Å². The highest BCUT2D eigenvalue weighted by Crippen LogP contribution is 2.18. The third-order valence-electron chi connectivity index (χ3n) is 1.35. The first kappa shape index (κ1) is 6.01. The van der Waals surface area contributed by atoms with Crippen molar-refractivity contribution in [3.63, 3.8) is 0 Å². The van der Waals surface area contributed by atoms with Crippen LogP contribution in [0.4, 0.5) is 0 Å². The van der Waals surface area contributed by atoms with E-state index in [9.17, 15) is 5.11 Å². The predicted octanol–water partition coefficient (Wildman–Crippen LogP) is -0.904. The highest BCUT2D eigenvalue weighted by atomic mass is 16.5. The van der Waals surface area contributed by atoms with Gasteiger partial charge in [0.2, 0.25) is 0 Å². The van der Waals surface area contributed by atoms with E-state index < -0.39 is 5.60 Å². The van der Waals surface area contributed by atoms with Gasteiger partial charge in [-0.05, 0) is 13.0 Å². The lowest BCUT2D eigenvalue weighted by atomic mass is 9.98. The van der Waals surface area contributed by atoms with Gasteiger partial charge in [0, 0.05) is 0 Å². The zero-order valence-corrected chi connectivity index (χ0v) is 4.76. The van der Waals surface area contributed by atoms with Gasteiger partial charge in [-0.25, -0.2) is 0 Å². The van der Waals surface area contributed by atoms with Gasteiger partial charge >= 0.3 is 0 Å². The molecule has 1 heterocycles. The molecule has 0 saturated carbocycles. The van der Waals surface area contributed by atoms with E-state index in [1.54, 1.807) is 0 Å². The third-order valence-corrected chi connectivity index (χ3v) is 1.35. The van der Waals surface area contributed by atoms with Crippen molar-refractivity contribution in [2.75, 3.05) is 19.8 Å². The topological polar surface area (TPSA) is 55.5 Å². The molecule has 0 aromatic carbocycles. The lowest BCUT2D eigenvalue weighted by Gasteiger charge is -2.35. The second kappa shape index (κ2) is 2.01. The van der Waals surface area contributed by atoms with Crippen molar-refractivity contribution in [1.82, 2.24) is 0 Å². The summed E-state index contributed by atoms with van der Waals surface area (Å²) in [6.07, 6.45) is 0.660. The molecule has 8 heavy (non-hydrogen) atoms. The van der Waals surface area contributed by atoms with Crippen molar-refractivity contribution >= 4 is 0 Å². The van der Waals surface area contributed by atoms with Crippen molar-refractivity contribution in [3.05, 3.63) is 0 Å². The predicted molar refractivity (Wildman–Crippen MR) is 29.4 cm³/mol. The SMILES string of the molecule is NCCC1(O)COC1. The van der Waals surface area contributed by atoms with Crippen LogP contribution in [0.25, 0.3) is 0 Å². The summed E-state index contributed by atoms with van der Waals surface area (Å²) in [5.74, 6) is 0. The van der Waals surface area contributed by atoms with Gasteiger partial charge in [0.1, 0.15) is 5.60 Å². The van der Waals surface area contributed by atoms with Gasteiger partial charge in [-0.15, -0.1) is 0 Å². The number of hydrogen-bond acceptors (Lipinski definition) is 3.